The molecule has 4 aliphatic carbocycles. The third-order valence-corrected chi connectivity index (χ3v) is 10.5. The first-order chi connectivity index (χ1) is 17.8. The fourth-order valence-electron chi connectivity index (χ4n) is 8.01. The van der Waals surface area contributed by atoms with Gasteiger partial charge in [-0.1, -0.05) is 13.0 Å². The summed E-state index contributed by atoms with van der Waals surface area (Å²) in [6.07, 6.45) is 11.7. The quantitative estimate of drug-likeness (QED) is 0.439. The van der Waals surface area contributed by atoms with Gasteiger partial charge in [0.15, 0.2) is 0 Å². The Hall–Kier alpha value is -2.28. The molecule has 4 saturated carbocycles. The number of thioether (sulfide) groups is 1. The van der Waals surface area contributed by atoms with E-state index in [1.54, 1.807) is 4.90 Å². The molecular formula is C30H38N2O4S. The van der Waals surface area contributed by atoms with Crippen molar-refractivity contribution in [3.05, 3.63) is 34.2 Å². The van der Waals surface area contributed by atoms with E-state index in [4.69, 9.17) is 4.74 Å². The molecule has 7 rings (SSSR count). The minimum absolute atomic E-state index is 0.144. The normalized spacial score (nSPS) is 32.6. The molecular weight excluding hydrogens is 484 g/mol. The zero-order valence-corrected chi connectivity index (χ0v) is 22.9. The number of carbonyl (C=O) groups is 3. The summed E-state index contributed by atoms with van der Waals surface area (Å²) in [5.41, 5.74) is 2.45. The second-order valence-electron chi connectivity index (χ2n) is 12.2. The number of hydrogen-bond acceptors (Lipinski definition) is 5. The average Bonchev–Trinajstić information content (AvgIpc) is 3.12. The molecule has 7 heteroatoms. The molecule has 0 N–H and O–H groups in total. The summed E-state index contributed by atoms with van der Waals surface area (Å²) in [6.45, 7) is 5.89. The van der Waals surface area contributed by atoms with Gasteiger partial charge in [-0.2, -0.15) is 0 Å². The Balaban J connectivity index is 1.24. The zero-order chi connectivity index (χ0) is 25.7. The lowest BCUT2D eigenvalue weighted by molar-refractivity contribution is -0.136. The van der Waals surface area contributed by atoms with Crippen LogP contribution in [0.5, 0.6) is 5.75 Å². The first-order valence-electron chi connectivity index (χ1n) is 14.1. The summed E-state index contributed by atoms with van der Waals surface area (Å²) >= 11 is 0.930. The van der Waals surface area contributed by atoms with Gasteiger partial charge in [0.2, 0.25) is 5.91 Å². The number of nitrogens with zero attached hydrogens (tertiary/aromatic N) is 2. The van der Waals surface area contributed by atoms with Gasteiger partial charge in [0.25, 0.3) is 11.1 Å². The van der Waals surface area contributed by atoms with E-state index >= 15 is 0 Å². The Morgan fingerprint density at radius 1 is 1.08 bits per heavy atom. The van der Waals surface area contributed by atoms with Gasteiger partial charge in [0.05, 0.1) is 11.5 Å². The lowest BCUT2D eigenvalue weighted by Crippen LogP contribution is -2.48. The third-order valence-electron chi connectivity index (χ3n) is 9.55. The van der Waals surface area contributed by atoms with Crippen molar-refractivity contribution in [1.82, 2.24) is 9.80 Å². The van der Waals surface area contributed by atoms with Crippen LogP contribution in [0.2, 0.25) is 0 Å². The number of likely N-dealkylation sites (tertiary alicyclic amines) is 1. The Kier molecular flexibility index (Phi) is 6.62. The van der Waals surface area contributed by atoms with Gasteiger partial charge in [-0.05, 0) is 123 Å². The van der Waals surface area contributed by atoms with Crippen LogP contribution in [0.15, 0.2) is 23.1 Å². The smallest absolute Gasteiger partial charge is 0.294 e. The van der Waals surface area contributed by atoms with E-state index in [2.05, 4.69) is 19.1 Å². The summed E-state index contributed by atoms with van der Waals surface area (Å²) in [7, 11) is 0. The highest BCUT2D eigenvalue weighted by Gasteiger charge is 2.51. The standard InChI is InChI=1S/C30H38N2O4S/c1-3-36-25-5-4-24(30-15-20-10-21(16-30)12-22(11-20)17-30)13-23(25)14-26-28(34)32(29(35)37-26)18-27(33)31-8-6-19(2)7-9-31/h4-5,13-14,19-22H,3,6-12,15-18H2,1-2H3/b26-14+. The minimum atomic E-state index is -0.378. The summed E-state index contributed by atoms with van der Waals surface area (Å²) in [5, 5.41) is -0.370. The molecule has 6 aliphatic rings. The van der Waals surface area contributed by atoms with Crippen LogP contribution in [0.1, 0.15) is 76.3 Å². The molecule has 6 fully saturated rings. The maximum absolute atomic E-state index is 13.3. The highest BCUT2D eigenvalue weighted by atomic mass is 32.2. The number of benzene rings is 1. The van der Waals surface area contributed by atoms with E-state index in [-0.39, 0.29) is 29.0 Å². The second-order valence-corrected chi connectivity index (χ2v) is 13.2. The molecule has 2 aliphatic heterocycles. The SMILES string of the molecule is CCOc1ccc(C23CC4CC(CC(C4)C2)C3)cc1/C=C1/SC(=O)N(CC(=O)N2CCC(C)CC2)C1=O. The molecule has 198 valence electrons. The fourth-order valence-corrected chi connectivity index (χ4v) is 8.84. The monoisotopic (exact) mass is 522 g/mol. The highest BCUT2D eigenvalue weighted by molar-refractivity contribution is 8.18. The van der Waals surface area contributed by atoms with Crippen LogP contribution in [-0.2, 0) is 15.0 Å². The Labute approximate surface area is 224 Å². The average molecular weight is 523 g/mol. The molecule has 4 bridgehead atoms. The number of rotatable bonds is 6. The number of imide groups is 1. The molecule has 0 atom stereocenters. The summed E-state index contributed by atoms with van der Waals surface area (Å²) in [4.78, 5) is 42.2. The Morgan fingerprint density at radius 2 is 1.73 bits per heavy atom. The van der Waals surface area contributed by atoms with Gasteiger partial charge in [0, 0.05) is 18.7 Å². The van der Waals surface area contributed by atoms with E-state index in [1.807, 2.05) is 19.1 Å². The maximum atomic E-state index is 13.3. The number of hydrogen-bond donors (Lipinski definition) is 0. The Morgan fingerprint density at radius 3 is 2.35 bits per heavy atom. The summed E-state index contributed by atoms with van der Waals surface area (Å²) < 4.78 is 5.94. The van der Waals surface area contributed by atoms with Crippen LogP contribution >= 0.6 is 11.8 Å². The largest absolute Gasteiger partial charge is 0.493 e. The minimum Gasteiger partial charge on any atom is -0.493 e. The lowest BCUT2D eigenvalue weighted by Gasteiger charge is -2.57. The molecule has 6 nitrogen and oxygen atoms in total. The van der Waals surface area contributed by atoms with Crippen molar-refractivity contribution in [2.24, 2.45) is 23.7 Å². The van der Waals surface area contributed by atoms with Crippen molar-refractivity contribution in [3.8, 4) is 5.75 Å². The summed E-state index contributed by atoms with van der Waals surface area (Å²) in [6, 6.07) is 6.50. The topological polar surface area (TPSA) is 66.9 Å². The third kappa shape index (κ3) is 4.73. The zero-order valence-electron chi connectivity index (χ0n) is 22.0. The van der Waals surface area contributed by atoms with Crippen molar-refractivity contribution in [2.75, 3.05) is 26.2 Å². The molecule has 0 unspecified atom stereocenters. The van der Waals surface area contributed by atoms with Crippen molar-refractivity contribution in [2.45, 2.75) is 70.6 Å². The van der Waals surface area contributed by atoms with E-state index < -0.39 is 0 Å². The van der Waals surface area contributed by atoms with Gasteiger partial charge in [0.1, 0.15) is 12.3 Å². The molecule has 1 aromatic carbocycles. The van der Waals surface area contributed by atoms with Crippen LogP contribution in [0, 0.1) is 23.7 Å². The van der Waals surface area contributed by atoms with Crippen molar-refractivity contribution in [3.63, 3.8) is 0 Å². The molecule has 3 amide bonds. The summed E-state index contributed by atoms with van der Waals surface area (Å²) in [5.74, 6) is 3.36. The molecule has 37 heavy (non-hydrogen) atoms. The fraction of sp³-hybridized carbons (Fsp3) is 0.633. The second kappa shape index (κ2) is 9.79. The van der Waals surface area contributed by atoms with E-state index in [9.17, 15) is 14.4 Å². The highest BCUT2D eigenvalue weighted by Crippen LogP contribution is 2.61. The lowest BCUT2D eigenvalue weighted by atomic mass is 9.48. The molecule has 2 saturated heterocycles. The van der Waals surface area contributed by atoms with Gasteiger partial charge >= 0.3 is 0 Å². The molecule has 0 aromatic heterocycles. The van der Waals surface area contributed by atoms with Crippen molar-refractivity contribution < 1.29 is 19.1 Å². The first-order valence-corrected chi connectivity index (χ1v) is 15.0. The van der Waals surface area contributed by atoms with E-state index in [0.717, 1.165) is 58.6 Å². The number of ether oxygens (including phenoxy) is 1. The van der Waals surface area contributed by atoms with Crippen molar-refractivity contribution in [1.29, 1.82) is 0 Å². The van der Waals surface area contributed by atoms with Gasteiger partial charge in [-0.3, -0.25) is 19.3 Å². The number of carbonyl (C=O) groups excluding carboxylic acids is 3. The number of piperidine rings is 1. The van der Waals surface area contributed by atoms with Crippen LogP contribution in [0.3, 0.4) is 0 Å². The van der Waals surface area contributed by atoms with E-state index in [0.29, 0.717) is 30.5 Å². The molecule has 2 heterocycles. The van der Waals surface area contributed by atoms with Crippen LogP contribution in [0.4, 0.5) is 4.79 Å². The van der Waals surface area contributed by atoms with E-state index in [1.165, 1.54) is 44.1 Å². The van der Waals surface area contributed by atoms with Crippen LogP contribution in [-0.4, -0.2) is 53.1 Å². The maximum Gasteiger partial charge on any atom is 0.294 e. The van der Waals surface area contributed by atoms with Crippen LogP contribution in [0.25, 0.3) is 6.08 Å². The first kappa shape index (κ1) is 25.0. The Bertz CT molecular complexity index is 1100. The molecule has 1 aromatic rings. The number of amides is 3. The predicted octanol–water partition coefficient (Wildman–Crippen LogP) is 5.85. The predicted molar refractivity (Wildman–Crippen MR) is 145 cm³/mol. The van der Waals surface area contributed by atoms with Gasteiger partial charge in [-0.15, -0.1) is 0 Å². The van der Waals surface area contributed by atoms with Crippen LogP contribution < -0.4 is 4.74 Å². The van der Waals surface area contributed by atoms with Gasteiger partial charge in [-0.25, -0.2) is 0 Å². The molecule has 0 radical (unpaired) electrons. The molecule has 0 spiro atoms. The van der Waals surface area contributed by atoms with Crippen molar-refractivity contribution >= 4 is 34.9 Å². The van der Waals surface area contributed by atoms with Gasteiger partial charge < -0.3 is 9.64 Å².